The van der Waals surface area contributed by atoms with Gasteiger partial charge < -0.3 is 10.2 Å². The maximum absolute atomic E-state index is 12.0. The summed E-state index contributed by atoms with van der Waals surface area (Å²) in [5.74, 6) is 0.145. The summed E-state index contributed by atoms with van der Waals surface area (Å²) in [7, 11) is 0. The molecule has 1 aliphatic heterocycles. The lowest BCUT2D eigenvalue weighted by atomic mass is 10.3. The van der Waals surface area contributed by atoms with Crippen LogP contribution in [-0.4, -0.2) is 69.6 Å². The molecule has 0 atom stereocenters. The first-order valence-electron chi connectivity index (χ1n) is 8.18. The Morgan fingerprint density at radius 3 is 2.75 bits per heavy atom. The van der Waals surface area contributed by atoms with Crippen molar-refractivity contribution in [3.8, 4) is 0 Å². The van der Waals surface area contributed by atoms with Gasteiger partial charge in [-0.2, -0.15) is 4.52 Å². The molecule has 8 nitrogen and oxygen atoms in total. The van der Waals surface area contributed by atoms with E-state index >= 15 is 0 Å². The van der Waals surface area contributed by atoms with Crippen LogP contribution in [-0.2, 0) is 11.2 Å². The molecule has 0 unspecified atom stereocenters. The molecule has 1 aliphatic rings. The van der Waals surface area contributed by atoms with Gasteiger partial charge in [0, 0.05) is 58.0 Å². The molecule has 1 N–H and O–H groups in total. The fourth-order valence-electron chi connectivity index (χ4n) is 2.72. The molecule has 130 valence electrons. The summed E-state index contributed by atoms with van der Waals surface area (Å²) in [5.41, 5.74) is 0.653. The monoisotopic (exact) mass is 350 g/mol. The van der Waals surface area contributed by atoms with Gasteiger partial charge in [0.1, 0.15) is 0 Å². The maximum Gasteiger partial charge on any atom is 0.275 e. The molecular weight excluding hydrogens is 328 g/mol. The quantitative estimate of drug-likeness (QED) is 0.835. The molecular formula is C15H22N6O2S. The van der Waals surface area contributed by atoms with E-state index in [1.165, 1.54) is 21.9 Å². The van der Waals surface area contributed by atoms with Crippen molar-refractivity contribution in [1.82, 2.24) is 24.4 Å². The molecule has 0 radical (unpaired) electrons. The van der Waals surface area contributed by atoms with Crippen molar-refractivity contribution in [2.75, 3.05) is 44.6 Å². The molecule has 0 aromatic carbocycles. The molecule has 9 heteroatoms. The first kappa shape index (κ1) is 16.8. The molecule has 1 saturated heterocycles. The molecule has 0 aliphatic carbocycles. The van der Waals surface area contributed by atoms with Crippen LogP contribution in [0.15, 0.2) is 10.9 Å². The largest absolute Gasteiger partial charge is 0.359 e. The number of carbonyl (C=O) groups excluding carboxylic acids is 1. The van der Waals surface area contributed by atoms with Crippen LogP contribution in [0.1, 0.15) is 19.5 Å². The van der Waals surface area contributed by atoms with Crippen molar-refractivity contribution in [3.63, 3.8) is 0 Å². The number of anilines is 1. The number of nitrogens with one attached hydrogen (secondary N) is 1. The number of amides is 1. The van der Waals surface area contributed by atoms with Gasteiger partial charge in [0.05, 0.1) is 0 Å². The highest BCUT2D eigenvalue weighted by atomic mass is 32.1. The minimum Gasteiger partial charge on any atom is -0.359 e. The molecule has 1 amide bonds. The Bertz CT molecular complexity index is 778. The van der Waals surface area contributed by atoms with Crippen LogP contribution in [0.25, 0.3) is 4.96 Å². The molecule has 0 saturated carbocycles. The van der Waals surface area contributed by atoms with E-state index in [9.17, 15) is 9.59 Å². The van der Waals surface area contributed by atoms with Gasteiger partial charge in [0.2, 0.25) is 16.0 Å². The van der Waals surface area contributed by atoms with Crippen LogP contribution in [0, 0.1) is 0 Å². The number of aryl methyl sites for hydroxylation is 1. The van der Waals surface area contributed by atoms with E-state index in [4.69, 9.17) is 0 Å². The van der Waals surface area contributed by atoms with E-state index in [2.05, 4.69) is 20.3 Å². The lowest BCUT2D eigenvalue weighted by Crippen LogP contribution is -2.49. The molecule has 0 bridgehead atoms. The Morgan fingerprint density at radius 1 is 1.33 bits per heavy atom. The summed E-state index contributed by atoms with van der Waals surface area (Å²) in [4.78, 5) is 32.5. The second-order valence-electron chi connectivity index (χ2n) is 5.82. The predicted molar refractivity (Wildman–Crippen MR) is 93.7 cm³/mol. The van der Waals surface area contributed by atoms with Crippen LogP contribution >= 0.6 is 11.3 Å². The smallest absolute Gasteiger partial charge is 0.275 e. The van der Waals surface area contributed by atoms with E-state index in [-0.39, 0.29) is 11.5 Å². The average molecular weight is 350 g/mol. The number of piperazine rings is 1. The minimum absolute atomic E-state index is 0.137. The molecule has 1 fully saturated rings. The van der Waals surface area contributed by atoms with E-state index in [0.29, 0.717) is 10.1 Å². The Balaban J connectivity index is 1.54. The number of aromatic nitrogens is 3. The second kappa shape index (κ2) is 7.27. The molecule has 0 spiro atoms. The van der Waals surface area contributed by atoms with Crippen molar-refractivity contribution >= 4 is 27.3 Å². The summed E-state index contributed by atoms with van der Waals surface area (Å²) in [5, 5.41) is 8.25. The summed E-state index contributed by atoms with van der Waals surface area (Å²) in [6.07, 6.45) is 0.735. The van der Waals surface area contributed by atoms with E-state index in [0.717, 1.165) is 51.4 Å². The topological polar surface area (TPSA) is 82.8 Å². The lowest BCUT2D eigenvalue weighted by molar-refractivity contribution is -0.130. The minimum atomic E-state index is -0.137. The number of rotatable bonds is 5. The van der Waals surface area contributed by atoms with E-state index in [1.54, 1.807) is 6.92 Å². The van der Waals surface area contributed by atoms with Crippen LogP contribution < -0.4 is 10.9 Å². The third-order valence-electron chi connectivity index (χ3n) is 4.18. The Morgan fingerprint density at radius 2 is 2.08 bits per heavy atom. The lowest BCUT2D eigenvalue weighted by Gasteiger charge is -2.34. The first-order chi connectivity index (χ1) is 11.6. The Kier molecular flexibility index (Phi) is 5.10. The molecule has 3 heterocycles. The molecule has 24 heavy (non-hydrogen) atoms. The van der Waals surface area contributed by atoms with Crippen molar-refractivity contribution in [2.45, 2.75) is 20.3 Å². The number of carbonyl (C=O) groups is 1. The van der Waals surface area contributed by atoms with Crippen molar-refractivity contribution in [3.05, 3.63) is 22.1 Å². The van der Waals surface area contributed by atoms with Gasteiger partial charge in [-0.3, -0.25) is 14.5 Å². The zero-order valence-corrected chi connectivity index (χ0v) is 14.8. The maximum atomic E-state index is 12.0. The summed E-state index contributed by atoms with van der Waals surface area (Å²) in [6.45, 7) is 8.57. The number of nitrogens with zero attached hydrogens (tertiary/aromatic N) is 5. The van der Waals surface area contributed by atoms with Gasteiger partial charge in [-0.1, -0.05) is 18.3 Å². The molecule has 2 aromatic rings. The van der Waals surface area contributed by atoms with Gasteiger partial charge >= 0.3 is 0 Å². The Labute approximate surface area is 144 Å². The van der Waals surface area contributed by atoms with E-state index < -0.39 is 0 Å². The number of hydrogen-bond acceptors (Lipinski definition) is 7. The average Bonchev–Trinajstić information content (AvgIpc) is 2.98. The van der Waals surface area contributed by atoms with Crippen LogP contribution in [0.2, 0.25) is 0 Å². The zero-order chi connectivity index (χ0) is 17.1. The van der Waals surface area contributed by atoms with Crippen molar-refractivity contribution in [1.29, 1.82) is 0 Å². The zero-order valence-electron chi connectivity index (χ0n) is 14.0. The summed E-state index contributed by atoms with van der Waals surface area (Å²) >= 11 is 1.39. The van der Waals surface area contributed by atoms with Crippen LogP contribution in [0.4, 0.5) is 5.13 Å². The van der Waals surface area contributed by atoms with Crippen LogP contribution in [0.3, 0.4) is 0 Å². The number of hydrogen-bond donors (Lipinski definition) is 1. The Hall–Kier alpha value is -2.00. The first-order valence-corrected chi connectivity index (χ1v) is 9.00. The predicted octanol–water partition coefficient (Wildman–Crippen LogP) is 0.289. The second-order valence-corrected chi connectivity index (χ2v) is 6.77. The fraction of sp³-hybridized carbons (Fsp3) is 0.600. The molecule has 2 aromatic heterocycles. The molecule has 3 rings (SSSR count). The highest BCUT2D eigenvalue weighted by molar-refractivity contribution is 7.20. The normalized spacial score (nSPS) is 15.8. The SMILES string of the molecule is CCc1cc(=O)n2nc(NCCN3CCN(C(C)=O)CC3)sc2n1. The third-order valence-corrected chi connectivity index (χ3v) is 5.05. The van der Waals surface area contributed by atoms with E-state index in [1.807, 2.05) is 11.8 Å². The van der Waals surface area contributed by atoms with Gasteiger partial charge in [0.25, 0.3) is 5.56 Å². The standard InChI is InChI=1S/C15H22N6O2S/c1-3-12-10-13(23)21-15(17-12)24-14(18-21)16-4-5-19-6-8-20(9-7-19)11(2)22/h10H,3-9H2,1-2H3,(H,16,18). The summed E-state index contributed by atoms with van der Waals surface area (Å²) in [6, 6.07) is 1.53. The highest BCUT2D eigenvalue weighted by Gasteiger charge is 2.18. The van der Waals surface area contributed by atoms with Crippen LogP contribution in [0.5, 0.6) is 0 Å². The number of fused-ring (bicyclic) bond motifs is 1. The highest BCUT2D eigenvalue weighted by Crippen LogP contribution is 2.16. The van der Waals surface area contributed by atoms with Crippen molar-refractivity contribution < 1.29 is 4.79 Å². The third kappa shape index (κ3) is 3.73. The van der Waals surface area contributed by atoms with Crippen molar-refractivity contribution in [2.24, 2.45) is 0 Å². The van der Waals surface area contributed by atoms with Gasteiger partial charge in [-0.15, -0.1) is 5.10 Å². The van der Waals surface area contributed by atoms with Gasteiger partial charge in [0.15, 0.2) is 0 Å². The van der Waals surface area contributed by atoms with Gasteiger partial charge in [-0.05, 0) is 6.42 Å². The fourth-order valence-corrected chi connectivity index (χ4v) is 3.57. The van der Waals surface area contributed by atoms with Gasteiger partial charge in [-0.25, -0.2) is 4.98 Å². The summed E-state index contributed by atoms with van der Waals surface area (Å²) < 4.78 is 1.35.